The molecule has 0 rings (SSSR count). The Balaban J connectivity index is 3.98. The lowest BCUT2D eigenvalue weighted by molar-refractivity contribution is -0.139. The fourth-order valence-electron chi connectivity index (χ4n) is 1.30. The van der Waals surface area contributed by atoms with E-state index in [1.165, 1.54) is 4.90 Å². The third-order valence-corrected chi connectivity index (χ3v) is 2.45. The number of nitrogens with one attached hydrogen (secondary N) is 1. The highest BCUT2D eigenvalue weighted by molar-refractivity contribution is 5.82. The highest BCUT2D eigenvalue weighted by Gasteiger charge is 2.19. The van der Waals surface area contributed by atoms with Crippen LogP contribution in [0.4, 0.5) is 4.79 Å². The van der Waals surface area contributed by atoms with Gasteiger partial charge in [-0.2, -0.15) is 0 Å². The monoisotopic (exact) mass is 230 g/mol. The van der Waals surface area contributed by atoms with Gasteiger partial charge in [0.2, 0.25) is 0 Å². The van der Waals surface area contributed by atoms with E-state index in [2.05, 4.69) is 12.2 Å². The van der Waals surface area contributed by atoms with E-state index < -0.39 is 12.0 Å². The van der Waals surface area contributed by atoms with Gasteiger partial charge in [-0.05, 0) is 12.8 Å². The summed E-state index contributed by atoms with van der Waals surface area (Å²) >= 11 is 0. The van der Waals surface area contributed by atoms with Gasteiger partial charge in [0.05, 0.1) is 0 Å². The topological polar surface area (TPSA) is 69.6 Å². The number of nitrogens with zero attached hydrogens (tertiary/aromatic N) is 1. The first-order valence-electron chi connectivity index (χ1n) is 5.77. The van der Waals surface area contributed by atoms with Crippen LogP contribution in [0.15, 0.2) is 0 Å². The SMILES string of the molecule is CCCCCN(C)C(=O)NC(CC)C(=O)O. The Kier molecular flexibility index (Phi) is 7.33. The van der Waals surface area contributed by atoms with Crippen LogP contribution < -0.4 is 5.32 Å². The summed E-state index contributed by atoms with van der Waals surface area (Å²) in [6, 6.07) is -1.11. The fraction of sp³-hybridized carbons (Fsp3) is 0.818. The molecule has 0 bridgehead atoms. The van der Waals surface area contributed by atoms with Crippen molar-refractivity contribution in [3.63, 3.8) is 0 Å². The van der Waals surface area contributed by atoms with Crippen LogP contribution in [-0.4, -0.2) is 41.6 Å². The molecule has 0 aromatic rings. The number of rotatable bonds is 7. The van der Waals surface area contributed by atoms with Crippen molar-refractivity contribution in [3.05, 3.63) is 0 Å². The molecule has 0 aliphatic rings. The third kappa shape index (κ3) is 5.58. The van der Waals surface area contributed by atoms with Gasteiger partial charge in [-0.1, -0.05) is 26.7 Å². The van der Waals surface area contributed by atoms with Crippen molar-refractivity contribution in [2.24, 2.45) is 0 Å². The van der Waals surface area contributed by atoms with E-state index >= 15 is 0 Å². The number of urea groups is 1. The van der Waals surface area contributed by atoms with Crippen LogP contribution in [0.3, 0.4) is 0 Å². The molecule has 0 heterocycles. The molecule has 5 nitrogen and oxygen atoms in total. The lowest BCUT2D eigenvalue weighted by Gasteiger charge is -2.20. The van der Waals surface area contributed by atoms with Crippen LogP contribution in [0.2, 0.25) is 0 Å². The standard InChI is InChI=1S/C11H22N2O3/c1-4-6-7-8-13(3)11(16)12-9(5-2)10(14)15/h9H,4-8H2,1-3H3,(H,12,16)(H,14,15). The molecule has 2 amide bonds. The van der Waals surface area contributed by atoms with Gasteiger partial charge < -0.3 is 15.3 Å². The zero-order valence-electron chi connectivity index (χ0n) is 10.3. The van der Waals surface area contributed by atoms with Gasteiger partial charge >= 0.3 is 12.0 Å². The summed E-state index contributed by atoms with van der Waals surface area (Å²) in [5.74, 6) is -0.988. The lowest BCUT2D eigenvalue weighted by Crippen LogP contribution is -2.46. The highest BCUT2D eigenvalue weighted by atomic mass is 16.4. The Morgan fingerprint density at radius 2 is 1.94 bits per heavy atom. The van der Waals surface area contributed by atoms with E-state index in [0.717, 1.165) is 19.3 Å². The van der Waals surface area contributed by atoms with E-state index in [1.54, 1.807) is 14.0 Å². The number of aliphatic carboxylic acids is 1. The Labute approximate surface area is 96.8 Å². The number of hydrogen-bond donors (Lipinski definition) is 2. The summed E-state index contributed by atoms with van der Waals surface area (Å²) in [4.78, 5) is 23.8. The number of unbranched alkanes of at least 4 members (excludes halogenated alkanes) is 2. The summed E-state index contributed by atoms with van der Waals surface area (Å²) in [7, 11) is 1.68. The Hall–Kier alpha value is -1.26. The number of carbonyl (C=O) groups is 2. The number of carboxylic acid groups (broad SMARTS) is 1. The van der Waals surface area contributed by atoms with E-state index in [4.69, 9.17) is 5.11 Å². The second kappa shape index (κ2) is 7.96. The van der Waals surface area contributed by atoms with Crippen molar-refractivity contribution in [2.75, 3.05) is 13.6 Å². The first-order chi connectivity index (χ1) is 7.52. The minimum atomic E-state index is -0.988. The molecule has 5 heteroatoms. The molecule has 0 fully saturated rings. The Morgan fingerprint density at radius 1 is 1.31 bits per heavy atom. The molecular formula is C11H22N2O3. The maximum absolute atomic E-state index is 11.6. The predicted molar refractivity (Wildman–Crippen MR) is 62.4 cm³/mol. The summed E-state index contributed by atoms with van der Waals surface area (Å²) < 4.78 is 0. The summed E-state index contributed by atoms with van der Waals surface area (Å²) in [6.45, 7) is 4.49. The van der Waals surface area contributed by atoms with Crippen LogP contribution in [-0.2, 0) is 4.79 Å². The van der Waals surface area contributed by atoms with Crippen LogP contribution in [0.1, 0.15) is 39.5 Å². The first kappa shape index (κ1) is 14.7. The molecule has 0 saturated carbocycles. The quantitative estimate of drug-likeness (QED) is 0.654. The maximum atomic E-state index is 11.6. The number of carbonyl (C=O) groups excluding carboxylic acids is 1. The normalized spacial score (nSPS) is 11.9. The largest absolute Gasteiger partial charge is 0.480 e. The van der Waals surface area contributed by atoms with Gasteiger partial charge in [0.1, 0.15) is 6.04 Å². The first-order valence-corrected chi connectivity index (χ1v) is 5.77. The zero-order valence-corrected chi connectivity index (χ0v) is 10.3. The fourth-order valence-corrected chi connectivity index (χ4v) is 1.30. The van der Waals surface area contributed by atoms with E-state index in [1.807, 2.05) is 0 Å². The van der Waals surface area contributed by atoms with Gasteiger partial charge in [-0.3, -0.25) is 0 Å². The van der Waals surface area contributed by atoms with E-state index in [0.29, 0.717) is 13.0 Å². The summed E-state index contributed by atoms with van der Waals surface area (Å²) in [5.41, 5.74) is 0. The van der Waals surface area contributed by atoms with Crippen LogP contribution in [0, 0.1) is 0 Å². The van der Waals surface area contributed by atoms with Crippen molar-refractivity contribution in [3.8, 4) is 0 Å². The Morgan fingerprint density at radius 3 is 2.38 bits per heavy atom. The van der Waals surface area contributed by atoms with Gasteiger partial charge in [0, 0.05) is 13.6 Å². The molecule has 0 aliphatic carbocycles. The molecule has 2 N–H and O–H groups in total. The average molecular weight is 230 g/mol. The van der Waals surface area contributed by atoms with Gasteiger partial charge in [0.15, 0.2) is 0 Å². The minimum absolute atomic E-state index is 0.314. The van der Waals surface area contributed by atoms with E-state index in [-0.39, 0.29) is 6.03 Å². The minimum Gasteiger partial charge on any atom is -0.480 e. The number of hydrogen-bond acceptors (Lipinski definition) is 2. The number of amides is 2. The summed E-state index contributed by atoms with van der Waals surface area (Å²) in [6.07, 6.45) is 3.52. The van der Waals surface area contributed by atoms with Crippen LogP contribution in [0.5, 0.6) is 0 Å². The van der Waals surface area contributed by atoms with Gasteiger partial charge in [-0.25, -0.2) is 9.59 Å². The molecule has 1 unspecified atom stereocenters. The zero-order chi connectivity index (χ0) is 12.6. The molecule has 0 aromatic carbocycles. The molecule has 1 atom stereocenters. The third-order valence-electron chi connectivity index (χ3n) is 2.45. The second-order valence-electron chi connectivity index (χ2n) is 3.88. The lowest BCUT2D eigenvalue weighted by atomic mass is 10.2. The van der Waals surface area contributed by atoms with Crippen molar-refractivity contribution in [1.82, 2.24) is 10.2 Å². The van der Waals surface area contributed by atoms with Crippen molar-refractivity contribution >= 4 is 12.0 Å². The molecule has 0 aliphatic heterocycles. The molecule has 0 radical (unpaired) electrons. The second-order valence-corrected chi connectivity index (χ2v) is 3.88. The smallest absolute Gasteiger partial charge is 0.326 e. The molecule has 0 spiro atoms. The predicted octanol–water partition coefficient (Wildman–Crippen LogP) is 1.68. The molecule has 16 heavy (non-hydrogen) atoms. The van der Waals surface area contributed by atoms with Crippen molar-refractivity contribution in [2.45, 2.75) is 45.6 Å². The molecular weight excluding hydrogens is 208 g/mol. The molecule has 0 saturated heterocycles. The van der Waals surface area contributed by atoms with Crippen molar-refractivity contribution < 1.29 is 14.7 Å². The van der Waals surface area contributed by atoms with Gasteiger partial charge in [-0.15, -0.1) is 0 Å². The summed E-state index contributed by atoms with van der Waals surface area (Å²) in [5, 5.41) is 11.3. The van der Waals surface area contributed by atoms with Crippen molar-refractivity contribution in [1.29, 1.82) is 0 Å². The number of carboxylic acids is 1. The Bertz CT molecular complexity index is 231. The van der Waals surface area contributed by atoms with E-state index in [9.17, 15) is 9.59 Å². The average Bonchev–Trinajstić information content (AvgIpc) is 2.25. The highest BCUT2D eigenvalue weighted by Crippen LogP contribution is 1.98. The molecule has 94 valence electrons. The van der Waals surface area contributed by atoms with Crippen LogP contribution >= 0.6 is 0 Å². The van der Waals surface area contributed by atoms with Gasteiger partial charge in [0.25, 0.3) is 0 Å². The van der Waals surface area contributed by atoms with Crippen LogP contribution in [0.25, 0.3) is 0 Å². The molecule has 0 aromatic heterocycles. The maximum Gasteiger partial charge on any atom is 0.326 e.